The molecular formula is C21H16N2O3S. The minimum atomic E-state index is -0.656. The van der Waals surface area contributed by atoms with Crippen LogP contribution >= 0.6 is 12.2 Å². The SMILES string of the molecule is Cc1ccc(C2C(C(N)=S)=C(N)OC3=C2C(=O)c2ccccc2C3=O)cc1. The fourth-order valence-electron chi connectivity index (χ4n) is 3.54. The Hall–Kier alpha value is -3.25. The number of thiocarbonyl (C=S) groups is 1. The molecule has 134 valence electrons. The quantitative estimate of drug-likeness (QED) is 0.783. The second-order valence-electron chi connectivity index (χ2n) is 6.53. The molecule has 0 radical (unpaired) electrons. The van der Waals surface area contributed by atoms with E-state index in [-0.39, 0.29) is 33.8 Å². The van der Waals surface area contributed by atoms with E-state index in [1.807, 2.05) is 31.2 Å². The molecule has 1 aliphatic carbocycles. The van der Waals surface area contributed by atoms with E-state index in [0.29, 0.717) is 16.7 Å². The molecule has 6 heteroatoms. The van der Waals surface area contributed by atoms with Gasteiger partial charge in [0.05, 0.1) is 11.1 Å². The summed E-state index contributed by atoms with van der Waals surface area (Å²) in [7, 11) is 0. The lowest BCUT2D eigenvalue weighted by molar-refractivity contribution is 0.0897. The van der Waals surface area contributed by atoms with Gasteiger partial charge in [0.25, 0.3) is 0 Å². The lowest BCUT2D eigenvalue weighted by Crippen LogP contribution is -2.35. The number of hydrogen-bond donors (Lipinski definition) is 2. The summed E-state index contributed by atoms with van der Waals surface area (Å²) in [5, 5.41) is 0. The van der Waals surface area contributed by atoms with Crippen LogP contribution in [0.3, 0.4) is 0 Å². The van der Waals surface area contributed by atoms with E-state index in [0.717, 1.165) is 11.1 Å². The first-order valence-electron chi connectivity index (χ1n) is 8.36. The maximum Gasteiger partial charge on any atom is 0.229 e. The van der Waals surface area contributed by atoms with Crippen molar-refractivity contribution >= 4 is 28.8 Å². The van der Waals surface area contributed by atoms with Crippen molar-refractivity contribution in [2.45, 2.75) is 12.8 Å². The van der Waals surface area contributed by atoms with Crippen LogP contribution in [0.1, 0.15) is 37.8 Å². The van der Waals surface area contributed by atoms with Crippen LogP contribution < -0.4 is 11.5 Å². The van der Waals surface area contributed by atoms with Gasteiger partial charge < -0.3 is 16.2 Å². The number of ether oxygens (including phenoxy) is 1. The number of allylic oxidation sites excluding steroid dienone is 2. The van der Waals surface area contributed by atoms with Gasteiger partial charge in [0.15, 0.2) is 17.4 Å². The number of aryl methyl sites for hydroxylation is 1. The van der Waals surface area contributed by atoms with Gasteiger partial charge in [-0.2, -0.15) is 0 Å². The summed E-state index contributed by atoms with van der Waals surface area (Å²) >= 11 is 5.18. The van der Waals surface area contributed by atoms with Gasteiger partial charge in [0.2, 0.25) is 5.78 Å². The van der Waals surface area contributed by atoms with Gasteiger partial charge >= 0.3 is 0 Å². The number of nitrogens with two attached hydrogens (primary N) is 2. The van der Waals surface area contributed by atoms with Crippen molar-refractivity contribution in [1.29, 1.82) is 0 Å². The molecule has 1 atom stereocenters. The Bertz CT molecular complexity index is 1080. The minimum Gasteiger partial charge on any atom is -0.437 e. The van der Waals surface area contributed by atoms with Crippen LogP contribution in [-0.4, -0.2) is 16.6 Å². The Morgan fingerprint density at radius 1 is 1.00 bits per heavy atom. The first kappa shape index (κ1) is 17.2. The van der Waals surface area contributed by atoms with Gasteiger partial charge in [-0.05, 0) is 12.5 Å². The molecule has 5 nitrogen and oxygen atoms in total. The topological polar surface area (TPSA) is 95.4 Å². The lowest BCUT2D eigenvalue weighted by Gasteiger charge is -2.32. The number of hydrogen-bond acceptors (Lipinski definition) is 5. The summed E-state index contributed by atoms with van der Waals surface area (Å²) in [6.45, 7) is 1.96. The Morgan fingerprint density at radius 2 is 1.59 bits per heavy atom. The van der Waals surface area contributed by atoms with E-state index in [2.05, 4.69) is 0 Å². The summed E-state index contributed by atoms with van der Waals surface area (Å²) in [4.78, 5) is 26.3. The number of ketones is 2. The number of carbonyl (C=O) groups excluding carboxylic acids is 2. The number of Topliss-reactive ketones (excluding diaryl/α,β-unsaturated/α-hetero) is 2. The number of carbonyl (C=O) groups is 2. The molecule has 0 aromatic heterocycles. The van der Waals surface area contributed by atoms with Crippen LogP contribution in [0.2, 0.25) is 0 Å². The van der Waals surface area contributed by atoms with Gasteiger partial charge in [-0.1, -0.05) is 66.3 Å². The highest BCUT2D eigenvalue weighted by Crippen LogP contribution is 2.44. The standard InChI is InChI=1S/C21H16N2O3S/c1-10-6-8-11(9-7-10)14-15-17(24)12-4-2-3-5-13(12)18(25)19(15)26-20(22)16(14)21(23)27/h2-9,14H,22H2,1H3,(H2,23,27). The lowest BCUT2D eigenvalue weighted by atomic mass is 9.75. The fourth-order valence-corrected chi connectivity index (χ4v) is 3.76. The zero-order valence-corrected chi connectivity index (χ0v) is 15.3. The second-order valence-corrected chi connectivity index (χ2v) is 6.97. The third kappa shape index (κ3) is 2.57. The van der Waals surface area contributed by atoms with Crippen molar-refractivity contribution in [3.05, 3.63) is 93.6 Å². The van der Waals surface area contributed by atoms with Gasteiger partial charge in [-0.15, -0.1) is 0 Å². The molecule has 4 rings (SSSR count). The zero-order chi connectivity index (χ0) is 19.3. The van der Waals surface area contributed by atoms with Crippen LogP contribution in [0.25, 0.3) is 0 Å². The predicted octanol–water partition coefficient (Wildman–Crippen LogP) is 2.90. The fraction of sp³-hybridized carbons (Fsp3) is 0.0952. The summed E-state index contributed by atoms with van der Waals surface area (Å²) in [5.41, 5.74) is 15.0. The van der Waals surface area contributed by atoms with Gasteiger partial charge in [0, 0.05) is 17.0 Å². The molecule has 0 spiro atoms. The average Bonchev–Trinajstić information content (AvgIpc) is 2.65. The largest absolute Gasteiger partial charge is 0.437 e. The number of rotatable bonds is 2. The molecule has 2 aliphatic rings. The number of fused-ring (bicyclic) bond motifs is 1. The van der Waals surface area contributed by atoms with Crippen LogP contribution in [0.15, 0.2) is 71.3 Å². The van der Waals surface area contributed by atoms with E-state index >= 15 is 0 Å². The Morgan fingerprint density at radius 3 is 2.19 bits per heavy atom. The van der Waals surface area contributed by atoms with E-state index < -0.39 is 5.92 Å². The number of benzene rings is 2. The molecule has 0 bridgehead atoms. The van der Waals surface area contributed by atoms with Crippen LogP contribution in [0.4, 0.5) is 0 Å². The Balaban J connectivity index is 1.98. The van der Waals surface area contributed by atoms with Gasteiger partial charge in [-0.25, -0.2) is 0 Å². The first-order chi connectivity index (χ1) is 12.9. The smallest absolute Gasteiger partial charge is 0.229 e. The molecule has 0 saturated carbocycles. The molecule has 2 aromatic rings. The summed E-state index contributed by atoms with van der Waals surface area (Å²) < 4.78 is 5.58. The van der Waals surface area contributed by atoms with E-state index in [1.165, 1.54) is 0 Å². The summed E-state index contributed by atoms with van der Waals surface area (Å²) in [5.74, 6) is -1.42. The van der Waals surface area contributed by atoms with Crippen LogP contribution in [0, 0.1) is 6.92 Å². The molecular weight excluding hydrogens is 360 g/mol. The van der Waals surface area contributed by atoms with E-state index in [1.54, 1.807) is 24.3 Å². The predicted molar refractivity (Wildman–Crippen MR) is 105 cm³/mol. The van der Waals surface area contributed by atoms with Crippen molar-refractivity contribution < 1.29 is 14.3 Å². The molecule has 0 fully saturated rings. The van der Waals surface area contributed by atoms with E-state index in [9.17, 15) is 9.59 Å². The molecule has 1 aliphatic heterocycles. The Labute approximate surface area is 161 Å². The molecule has 0 amide bonds. The van der Waals surface area contributed by atoms with Crippen LogP contribution in [-0.2, 0) is 4.74 Å². The van der Waals surface area contributed by atoms with Gasteiger partial charge in [-0.3, -0.25) is 9.59 Å². The zero-order valence-electron chi connectivity index (χ0n) is 14.5. The van der Waals surface area contributed by atoms with Gasteiger partial charge in [0.1, 0.15) is 4.99 Å². The maximum atomic E-state index is 13.3. The molecule has 0 saturated heterocycles. The highest BCUT2D eigenvalue weighted by atomic mass is 32.1. The molecule has 4 N–H and O–H groups in total. The van der Waals surface area contributed by atoms with Crippen LogP contribution in [0.5, 0.6) is 0 Å². The molecule has 1 unspecified atom stereocenters. The third-order valence-corrected chi connectivity index (χ3v) is 5.06. The maximum absolute atomic E-state index is 13.3. The average molecular weight is 376 g/mol. The Kier molecular flexibility index (Phi) is 3.93. The third-order valence-electron chi connectivity index (χ3n) is 4.84. The molecule has 2 aromatic carbocycles. The van der Waals surface area contributed by atoms with Crippen molar-refractivity contribution in [1.82, 2.24) is 0 Å². The van der Waals surface area contributed by atoms with Crippen molar-refractivity contribution in [2.24, 2.45) is 11.5 Å². The summed E-state index contributed by atoms with van der Waals surface area (Å²) in [6.07, 6.45) is 0. The highest BCUT2D eigenvalue weighted by molar-refractivity contribution is 7.80. The highest BCUT2D eigenvalue weighted by Gasteiger charge is 2.44. The normalized spacial score (nSPS) is 18.8. The van der Waals surface area contributed by atoms with E-state index in [4.69, 9.17) is 28.4 Å². The summed E-state index contributed by atoms with van der Waals surface area (Å²) in [6, 6.07) is 14.2. The van der Waals surface area contributed by atoms with Crippen molar-refractivity contribution in [3.8, 4) is 0 Å². The second kappa shape index (κ2) is 6.17. The molecule has 27 heavy (non-hydrogen) atoms. The first-order valence-corrected chi connectivity index (χ1v) is 8.77. The monoisotopic (exact) mass is 376 g/mol. The minimum absolute atomic E-state index is 0.0312. The van der Waals surface area contributed by atoms with Crippen molar-refractivity contribution in [2.75, 3.05) is 0 Å². The molecule has 1 heterocycles. The van der Waals surface area contributed by atoms with Crippen molar-refractivity contribution in [3.63, 3.8) is 0 Å².